The van der Waals surface area contributed by atoms with E-state index in [1.165, 1.54) is 11.1 Å². The van der Waals surface area contributed by atoms with E-state index in [0.29, 0.717) is 19.7 Å². The number of benzene rings is 2. The Kier molecular flexibility index (Phi) is 4.79. The first-order valence-corrected chi connectivity index (χ1v) is 9.40. The highest BCUT2D eigenvalue weighted by Gasteiger charge is 2.42. The van der Waals surface area contributed by atoms with Crippen LogP contribution in [0.15, 0.2) is 42.5 Å². The molecule has 1 fully saturated rings. The standard InChI is InChI=1S/C22H25NO4/c1-25-19-14-17-8-13-27-22(18(17)15-20(19)26-2)9-11-23(12-10-22)21(24)16-6-4-3-5-7-16/h3-7,14-15H,8-13H2,1-2H3. The third kappa shape index (κ3) is 3.16. The molecule has 0 radical (unpaired) electrons. The zero-order chi connectivity index (χ0) is 18.9. The minimum atomic E-state index is -0.347. The maximum atomic E-state index is 12.7. The second kappa shape index (κ2) is 7.24. The van der Waals surface area contributed by atoms with Gasteiger partial charge in [-0.25, -0.2) is 0 Å². The van der Waals surface area contributed by atoms with E-state index < -0.39 is 0 Å². The van der Waals surface area contributed by atoms with Crippen LogP contribution in [0.5, 0.6) is 11.5 Å². The van der Waals surface area contributed by atoms with E-state index in [9.17, 15) is 4.79 Å². The summed E-state index contributed by atoms with van der Waals surface area (Å²) in [4.78, 5) is 14.7. The number of piperidine rings is 1. The molecule has 2 aromatic rings. The van der Waals surface area contributed by atoms with Gasteiger partial charge < -0.3 is 19.1 Å². The lowest BCUT2D eigenvalue weighted by Crippen LogP contribution is -2.48. The third-order valence-corrected chi connectivity index (χ3v) is 5.73. The molecular weight excluding hydrogens is 342 g/mol. The average Bonchev–Trinajstić information content (AvgIpc) is 2.74. The number of carbonyl (C=O) groups excluding carboxylic acids is 1. The van der Waals surface area contributed by atoms with Crippen LogP contribution in [-0.4, -0.2) is 44.7 Å². The fourth-order valence-corrected chi connectivity index (χ4v) is 4.23. The van der Waals surface area contributed by atoms with E-state index in [2.05, 4.69) is 12.1 Å². The van der Waals surface area contributed by atoms with Crippen molar-refractivity contribution in [3.8, 4) is 11.5 Å². The van der Waals surface area contributed by atoms with Gasteiger partial charge in [-0.05, 0) is 54.7 Å². The van der Waals surface area contributed by atoms with Crippen molar-refractivity contribution in [1.82, 2.24) is 4.90 Å². The molecule has 142 valence electrons. The van der Waals surface area contributed by atoms with Gasteiger partial charge in [-0.1, -0.05) is 18.2 Å². The van der Waals surface area contributed by atoms with Gasteiger partial charge in [0.15, 0.2) is 11.5 Å². The maximum Gasteiger partial charge on any atom is 0.253 e. The molecule has 0 atom stereocenters. The lowest BCUT2D eigenvalue weighted by molar-refractivity contribution is -0.0936. The van der Waals surface area contributed by atoms with Crippen molar-refractivity contribution in [2.75, 3.05) is 33.9 Å². The number of carbonyl (C=O) groups is 1. The molecule has 27 heavy (non-hydrogen) atoms. The fraction of sp³-hybridized carbons (Fsp3) is 0.409. The predicted molar refractivity (Wildman–Crippen MR) is 102 cm³/mol. The van der Waals surface area contributed by atoms with Crippen molar-refractivity contribution >= 4 is 5.91 Å². The number of methoxy groups -OCH3 is 2. The molecule has 0 aromatic heterocycles. The number of nitrogens with zero attached hydrogens (tertiary/aromatic N) is 1. The van der Waals surface area contributed by atoms with Crippen molar-refractivity contribution in [3.05, 3.63) is 59.2 Å². The Morgan fingerprint density at radius 1 is 1.04 bits per heavy atom. The van der Waals surface area contributed by atoms with E-state index in [0.717, 1.165) is 36.3 Å². The molecule has 2 aliphatic heterocycles. The second-order valence-corrected chi connectivity index (χ2v) is 7.12. The summed E-state index contributed by atoms with van der Waals surface area (Å²) < 4.78 is 17.3. The molecule has 5 heteroatoms. The maximum absolute atomic E-state index is 12.7. The molecule has 0 unspecified atom stereocenters. The van der Waals surface area contributed by atoms with Crippen LogP contribution in [-0.2, 0) is 16.8 Å². The summed E-state index contributed by atoms with van der Waals surface area (Å²) in [5, 5.41) is 0. The van der Waals surface area contributed by atoms with E-state index >= 15 is 0 Å². The molecular formula is C22H25NO4. The Morgan fingerprint density at radius 3 is 2.37 bits per heavy atom. The molecule has 1 saturated heterocycles. The summed E-state index contributed by atoms with van der Waals surface area (Å²) in [7, 11) is 3.31. The molecule has 1 amide bonds. The summed E-state index contributed by atoms with van der Waals surface area (Å²) in [5.41, 5.74) is 2.82. The number of ether oxygens (including phenoxy) is 3. The summed E-state index contributed by atoms with van der Waals surface area (Å²) in [5.74, 6) is 1.57. The van der Waals surface area contributed by atoms with E-state index in [1.54, 1.807) is 14.2 Å². The van der Waals surface area contributed by atoms with Crippen molar-refractivity contribution < 1.29 is 19.0 Å². The highest BCUT2D eigenvalue weighted by molar-refractivity contribution is 5.94. The zero-order valence-electron chi connectivity index (χ0n) is 15.9. The molecule has 2 heterocycles. The first kappa shape index (κ1) is 17.9. The van der Waals surface area contributed by atoms with Crippen molar-refractivity contribution in [2.45, 2.75) is 24.9 Å². The van der Waals surface area contributed by atoms with E-state index in [-0.39, 0.29) is 11.5 Å². The van der Waals surface area contributed by atoms with Crippen LogP contribution in [0.1, 0.15) is 34.3 Å². The third-order valence-electron chi connectivity index (χ3n) is 5.73. The normalized spacial score (nSPS) is 18.1. The van der Waals surface area contributed by atoms with Gasteiger partial charge in [-0.2, -0.15) is 0 Å². The smallest absolute Gasteiger partial charge is 0.253 e. The largest absolute Gasteiger partial charge is 0.493 e. The second-order valence-electron chi connectivity index (χ2n) is 7.12. The van der Waals surface area contributed by atoms with E-state index in [4.69, 9.17) is 14.2 Å². The Bertz CT molecular complexity index is 826. The van der Waals surface area contributed by atoms with Gasteiger partial charge in [0.2, 0.25) is 0 Å². The SMILES string of the molecule is COc1cc2c(cc1OC)C1(CCN(C(=O)c3ccccc3)CC1)OCC2. The Morgan fingerprint density at radius 2 is 1.70 bits per heavy atom. The quantitative estimate of drug-likeness (QED) is 0.834. The number of hydrogen-bond acceptors (Lipinski definition) is 4. The first-order valence-electron chi connectivity index (χ1n) is 9.40. The van der Waals surface area contributed by atoms with Crippen molar-refractivity contribution in [2.24, 2.45) is 0 Å². The molecule has 0 aliphatic carbocycles. The van der Waals surface area contributed by atoms with Gasteiger partial charge in [0.05, 0.1) is 26.4 Å². The number of fused-ring (bicyclic) bond motifs is 2. The van der Waals surface area contributed by atoms with Crippen LogP contribution < -0.4 is 9.47 Å². The molecule has 0 bridgehead atoms. The Balaban J connectivity index is 1.58. The molecule has 4 rings (SSSR count). The number of rotatable bonds is 3. The predicted octanol–water partition coefficient (Wildman–Crippen LogP) is 3.41. The van der Waals surface area contributed by atoms with Gasteiger partial charge in [0.1, 0.15) is 0 Å². The summed E-state index contributed by atoms with van der Waals surface area (Å²) in [6, 6.07) is 13.6. The highest BCUT2D eigenvalue weighted by Crippen LogP contribution is 2.45. The molecule has 0 saturated carbocycles. The van der Waals surface area contributed by atoms with Crippen molar-refractivity contribution in [1.29, 1.82) is 0 Å². The molecule has 2 aliphatic rings. The molecule has 1 spiro atoms. The van der Waals surface area contributed by atoms with Gasteiger partial charge in [-0.15, -0.1) is 0 Å². The Labute approximate surface area is 159 Å². The highest BCUT2D eigenvalue weighted by atomic mass is 16.5. The molecule has 0 N–H and O–H groups in total. The van der Waals surface area contributed by atoms with Crippen LogP contribution in [0.4, 0.5) is 0 Å². The van der Waals surface area contributed by atoms with Gasteiger partial charge >= 0.3 is 0 Å². The average molecular weight is 367 g/mol. The fourth-order valence-electron chi connectivity index (χ4n) is 4.23. The number of likely N-dealkylation sites (tertiary alicyclic amines) is 1. The number of hydrogen-bond donors (Lipinski definition) is 0. The van der Waals surface area contributed by atoms with Crippen LogP contribution in [0.3, 0.4) is 0 Å². The Hall–Kier alpha value is -2.53. The minimum absolute atomic E-state index is 0.0915. The van der Waals surface area contributed by atoms with Crippen LogP contribution in [0.25, 0.3) is 0 Å². The van der Waals surface area contributed by atoms with Gasteiger partial charge in [0.25, 0.3) is 5.91 Å². The van der Waals surface area contributed by atoms with Crippen LogP contribution >= 0.6 is 0 Å². The minimum Gasteiger partial charge on any atom is -0.493 e. The zero-order valence-corrected chi connectivity index (χ0v) is 15.9. The van der Waals surface area contributed by atoms with Crippen LogP contribution in [0.2, 0.25) is 0 Å². The lowest BCUT2D eigenvalue weighted by atomic mass is 9.79. The summed E-state index contributed by atoms with van der Waals surface area (Å²) in [6.07, 6.45) is 2.44. The van der Waals surface area contributed by atoms with Crippen LogP contribution in [0, 0.1) is 0 Å². The van der Waals surface area contributed by atoms with Crippen molar-refractivity contribution in [3.63, 3.8) is 0 Å². The molecule has 5 nitrogen and oxygen atoms in total. The monoisotopic (exact) mass is 367 g/mol. The number of amides is 1. The first-order chi connectivity index (χ1) is 13.2. The lowest BCUT2D eigenvalue weighted by Gasteiger charge is -2.45. The summed E-state index contributed by atoms with van der Waals surface area (Å²) in [6.45, 7) is 2.05. The topological polar surface area (TPSA) is 48.0 Å². The summed E-state index contributed by atoms with van der Waals surface area (Å²) >= 11 is 0. The van der Waals surface area contributed by atoms with Gasteiger partial charge in [0, 0.05) is 18.7 Å². The van der Waals surface area contributed by atoms with Gasteiger partial charge in [-0.3, -0.25) is 4.79 Å². The molecule has 2 aromatic carbocycles. The van der Waals surface area contributed by atoms with E-state index in [1.807, 2.05) is 35.2 Å².